The minimum atomic E-state index is -0.615. The van der Waals surface area contributed by atoms with Crippen molar-refractivity contribution in [3.63, 3.8) is 0 Å². The zero-order valence-corrected chi connectivity index (χ0v) is 16.0. The van der Waals surface area contributed by atoms with Gasteiger partial charge in [0.2, 0.25) is 11.7 Å². The summed E-state index contributed by atoms with van der Waals surface area (Å²) < 4.78 is 11.1. The lowest BCUT2D eigenvalue weighted by molar-refractivity contribution is -0.137. The zero-order valence-electron chi connectivity index (χ0n) is 16.0. The number of carbonyl (C=O) groups excluding carboxylic acids is 1. The Morgan fingerprint density at radius 2 is 1.85 bits per heavy atom. The molecule has 0 aliphatic heterocycles. The van der Waals surface area contributed by atoms with Gasteiger partial charge in [0.25, 0.3) is 5.91 Å². The molecule has 0 spiro atoms. The lowest BCUT2D eigenvalue weighted by atomic mass is 10.1. The van der Waals surface area contributed by atoms with Crippen LogP contribution < -0.4 is 4.74 Å². The highest BCUT2D eigenvalue weighted by atomic mass is 16.5. The summed E-state index contributed by atoms with van der Waals surface area (Å²) in [5, 5.41) is 4.00. The maximum absolute atomic E-state index is 12.6. The van der Waals surface area contributed by atoms with E-state index in [9.17, 15) is 4.79 Å². The predicted octanol–water partition coefficient (Wildman–Crippen LogP) is 3.78. The number of nitrogens with zero attached hydrogens (tertiary/aromatic N) is 3. The first-order valence-corrected chi connectivity index (χ1v) is 8.81. The average molecular weight is 365 g/mol. The number of aromatic nitrogens is 2. The molecule has 3 aromatic rings. The fraction of sp³-hybridized carbons (Fsp3) is 0.286. The van der Waals surface area contributed by atoms with Crippen molar-refractivity contribution in [1.82, 2.24) is 15.0 Å². The summed E-state index contributed by atoms with van der Waals surface area (Å²) in [5.41, 5.74) is 3.02. The Bertz CT molecular complexity index is 918. The first kappa shape index (κ1) is 18.6. The van der Waals surface area contributed by atoms with Gasteiger partial charge in [-0.1, -0.05) is 53.2 Å². The van der Waals surface area contributed by atoms with Crippen LogP contribution in [-0.4, -0.2) is 34.1 Å². The summed E-state index contributed by atoms with van der Waals surface area (Å²) in [6, 6.07) is 15.5. The molecule has 0 fully saturated rings. The Hall–Kier alpha value is -3.15. The highest BCUT2D eigenvalue weighted by Crippen LogP contribution is 2.19. The monoisotopic (exact) mass is 365 g/mol. The quantitative estimate of drug-likeness (QED) is 0.665. The lowest BCUT2D eigenvalue weighted by Crippen LogP contribution is -2.37. The van der Waals surface area contributed by atoms with Gasteiger partial charge >= 0.3 is 0 Å². The number of rotatable bonds is 6. The number of para-hydroxylation sites is 1. The van der Waals surface area contributed by atoms with Crippen molar-refractivity contribution in [2.45, 2.75) is 33.4 Å². The van der Waals surface area contributed by atoms with Gasteiger partial charge in [-0.3, -0.25) is 4.79 Å². The van der Waals surface area contributed by atoms with Crippen LogP contribution in [0.2, 0.25) is 0 Å². The van der Waals surface area contributed by atoms with E-state index in [0.29, 0.717) is 17.5 Å². The Kier molecular flexibility index (Phi) is 5.54. The maximum Gasteiger partial charge on any atom is 0.263 e. The molecule has 27 heavy (non-hydrogen) atoms. The fourth-order valence-corrected chi connectivity index (χ4v) is 2.66. The maximum atomic E-state index is 12.6. The van der Waals surface area contributed by atoms with Crippen molar-refractivity contribution in [2.75, 3.05) is 7.05 Å². The zero-order chi connectivity index (χ0) is 19.4. The van der Waals surface area contributed by atoms with Gasteiger partial charge in [-0.2, -0.15) is 4.98 Å². The molecule has 0 N–H and O–H groups in total. The van der Waals surface area contributed by atoms with E-state index in [2.05, 4.69) is 10.1 Å². The second-order valence-corrected chi connectivity index (χ2v) is 6.60. The van der Waals surface area contributed by atoms with Gasteiger partial charge in [-0.05, 0) is 32.4 Å². The van der Waals surface area contributed by atoms with Crippen molar-refractivity contribution in [1.29, 1.82) is 0 Å². The highest BCUT2D eigenvalue weighted by Gasteiger charge is 2.22. The topological polar surface area (TPSA) is 68.5 Å². The summed E-state index contributed by atoms with van der Waals surface area (Å²) >= 11 is 0. The Morgan fingerprint density at radius 1 is 1.15 bits per heavy atom. The minimum Gasteiger partial charge on any atom is -0.481 e. The van der Waals surface area contributed by atoms with E-state index in [1.54, 1.807) is 14.0 Å². The molecule has 1 heterocycles. The molecule has 0 bridgehead atoms. The van der Waals surface area contributed by atoms with Crippen LogP contribution in [0, 0.1) is 13.8 Å². The van der Waals surface area contributed by atoms with Crippen LogP contribution >= 0.6 is 0 Å². The van der Waals surface area contributed by atoms with Crippen LogP contribution in [0.3, 0.4) is 0 Å². The van der Waals surface area contributed by atoms with E-state index in [1.165, 1.54) is 4.90 Å². The van der Waals surface area contributed by atoms with Crippen molar-refractivity contribution in [2.24, 2.45) is 0 Å². The van der Waals surface area contributed by atoms with Crippen LogP contribution in [-0.2, 0) is 11.3 Å². The number of benzene rings is 2. The molecule has 0 aliphatic carbocycles. The number of ether oxygens (including phenoxy) is 1. The number of amides is 1. The van der Waals surface area contributed by atoms with E-state index < -0.39 is 6.10 Å². The lowest BCUT2D eigenvalue weighted by Gasteiger charge is -2.21. The van der Waals surface area contributed by atoms with Gasteiger partial charge in [0.05, 0.1) is 6.54 Å². The van der Waals surface area contributed by atoms with E-state index in [1.807, 2.05) is 62.4 Å². The van der Waals surface area contributed by atoms with Gasteiger partial charge in [-0.25, -0.2) is 0 Å². The number of hydrogen-bond donors (Lipinski definition) is 0. The number of aryl methyl sites for hydroxylation is 2. The Labute approximate surface area is 158 Å². The van der Waals surface area contributed by atoms with Crippen LogP contribution in [0.1, 0.15) is 23.9 Å². The third kappa shape index (κ3) is 4.53. The van der Waals surface area contributed by atoms with E-state index in [0.717, 1.165) is 16.7 Å². The van der Waals surface area contributed by atoms with Crippen molar-refractivity contribution in [3.05, 3.63) is 65.5 Å². The minimum absolute atomic E-state index is 0.159. The molecule has 6 heteroatoms. The predicted molar refractivity (Wildman–Crippen MR) is 102 cm³/mol. The van der Waals surface area contributed by atoms with Gasteiger partial charge in [-0.15, -0.1) is 0 Å². The van der Waals surface area contributed by atoms with Crippen LogP contribution in [0.5, 0.6) is 5.75 Å². The molecule has 1 amide bonds. The molecule has 0 radical (unpaired) electrons. The number of likely N-dealkylation sites (N-methyl/N-ethyl adjacent to an activating group) is 1. The molecule has 6 nitrogen and oxygen atoms in total. The van der Waals surface area contributed by atoms with E-state index >= 15 is 0 Å². The standard InChI is InChI=1S/C21H23N3O3/c1-14-9-11-17(12-10-14)20-22-19(27-23-20)13-24(4)21(25)16(3)26-18-8-6-5-7-15(18)2/h5-12,16H,13H2,1-4H3/t16-/m1/s1. The average Bonchev–Trinajstić information content (AvgIpc) is 3.12. The van der Waals surface area contributed by atoms with Gasteiger partial charge < -0.3 is 14.2 Å². The molecular formula is C21H23N3O3. The highest BCUT2D eigenvalue weighted by molar-refractivity contribution is 5.80. The number of carbonyl (C=O) groups is 1. The first-order chi connectivity index (χ1) is 12.9. The summed E-state index contributed by atoms with van der Waals surface area (Å²) in [7, 11) is 1.69. The first-order valence-electron chi connectivity index (χ1n) is 8.81. The van der Waals surface area contributed by atoms with E-state index in [4.69, 9.17) is 9.26 Å². The molecule has 0 saturated carbocycles. The summed E-state index contributed by atoms with van der Waals surface area (Å²) in [6.07, 6.45) is -0.615. The van der Waals surface area contributed by atoms with E-state index in [-0.39, 0.29) is 12.5 Å². The largest absolute Gasteiger partial charge is 0.481 e. The van der Waals surface area contributed by atoms with Crippen LogP contribution in [0.25, 0.3) is 11.4 Å². The molecule has 2 aromatic carbocycles. The molecule has 3 rings (SSSR count). The van der Waals surface area contributed by atoms with Crippen LogP contribution in [0.15, 0.2) is 53.1 Å². The van der Waals surface area contributed by atoms with Gasteiger partial charge in [0.15, 0.2) is 6.10 Å². The molecule has 0 aliphatic rings. The fourth-order valence-electron chi connectivity index (χ4n) is 2.66. The van der Waals surface area contributed by atoms with Crippen molar-refractivity contribution < 1.29 is 14.1 Å². The summed E-state index contributed by atoms with van der Waals surface area (Å²) in [4.78, 5) is 18.5. The van der Waals surface area contributed by atoms with Gasteiger partial charge in [0, 0.05) is 12.6 Å². The van der Waals surface area contributed by atoms with Crippen LogP contribution in [0.4, 0.5) is 0 Å². The molecule has 140 valence electrons. The third-order valence-corrected chi connectivity index (χ3v) is 4.27. The second kappa shape index (κ2) is 8.03. The molecule has 1 aromatic heterocycles. The molecule has 1 atom stereocenters. The smallest absolute Gasteiger partial charge is 0.263 e. The third-order valence-electron chi connectivity index (χ3n) is 4.27. The van der Waals surface area contributed by atoms with Crippen molar-refractivity contribution in [3.8, 4) is 17.1 Å². The summed E-state index contributed by atoms with van der Waals surface area (Å²) in [5.74, 6) is 1.43. The SMILES string of the molecule is Cc1ccc(-c2noc(CN(C)C(=O)[C@@H](C)Oc3ccccc3C)n2)cc1. The summed E-state index contributed by atoms with van der Waals surface area (Å²) in [6.45, 7) is 5.92. The second-order valence-electron chi connectivity index (χ2n) is 6.60. The Balaban J connectivity index is 1.63. The van der Waals surface area contributed by atoms with Gasteiger partial charge in [0.1, 0.15) is 5.75 Å². The molecule has 0 saturated heterocycles. The number of hydrogen-bond acceptors (Lipinski definition) is 5. The molecule has 0 unspecified atom stereocenters. The normalized spacial score (nSPS) is 11.9. The Morgan fingerprint density at radius 3 is 2.56 bits per heavy atom. The van der Waals surface area contributed by atoms with Crippen molar-refractivity contribution >= 4 is 5.91 Å². The molecular weight excluding hydrogens is 342 g/mol.